The average molecular weight is 446 g/mol. The van der Waals surface area contributed by atoms with E-state index in [-0.39, 0.29) is 30.4 Å². The van der Waals surface area contributed by atoms with Crippen molar-refractivity contribution in [1.82, 2.24) is 14.4 Å². The van der Waals surface area contributed by atoms with Gasteiger partial charge in [-0.2, -0.15) is 0 Å². The summed E-state index contributed by atoms with van der Waals surface area (Å²) in [6.07, 6.45) is 2.04. The quantitative estimate of drug-likeness (QED) is 0.569. The SMILES string of the molecule is COc1ccccc1C1c2cccn2CCN1C(=O)CN(C(=O)c1ccc(C)cc1)C(C)C. The van der Waals surface area contributed by atoms with Crippen molar-refractivity contribution in [3.8, 4) is 5.75 Å². The predicted molar refractivity (Wildman–Crippen MR) is 128 cm³/mol. The van der Waals surface area contributed by atoms with Crippen LogP contribution in [0.2, 0.25) is 0 Å². The number of fused-ring (bicyclic) bond motifs is 1. The molecule has 1 atom stereocenters. The van der Waals surface area contributed by atoms with Crippen LogP contribution in [0.5, 0.6) is 5.75 Å². The van der Waals surface area contributed by atoms with E-state index in [0.29, 0.717) is 18.7 Å². The summed E-state index contributed by atoms with van der Waals surface area (Å²) in [5, 5.41) is 0. The fourth-order valence-electron chi connectivity index (χ4n) is 4.46. The zero-order chi connectivity index (χ0) is 23.5. The molecule has 0 fully saturated rings. The summed E-state index contributed by atoms with van der Waals surface area (Å²) in [6.45, 7) is 7.18. The van der Waals surface area contributed by atoms with Gasteiger partial charge in [0, 0.05) is 42.1 Å². The van der Waals surface area contributed by atoms with Gasteiger partial charge in [-0.1, -0.05) is 35.9 Å². The Balaban J connectivity index is 1.65. The van der Waals surface area contributed by atoms with Crippen LogP contribution in [-0.2, 0) is 11.3 Å². The molecule has 172 valence electrons. The lowest BCUT2D eigenvalue weighted by Crippen LogP contribution is -2.49. The van der Waals surface area contributed by atoms with Crippen molar-refractivity contribution < 1.29 is 14.3 Å². The van der Waals surface area contributed by atoms with Crippen LogP contribution in [0.25, 0.3) is 0 Å². The Bertz CT molecular complexity index is 1130. The van der Waals surface area contributed by atoms with Gasteiger partial charge in [0.05, 0.1) is 7.11 Å². The number of hydrogen-bond acceptors (Lipinski definition) is 3. The van der Waals surface area contributed by atoms with Gasteiger partial charge in [-0.05, 0) is 51.1 Å². The third kappa shape index (κ3) is 4.51. The van der Waals surface area contributed by atoms with Gasteiger partial charge in [0.2, 0.25) is 5.91 Å². The van der Waals surface area contributed by atoms with E-state index in [1.54, 1.807) is 12.0 Å². The number of para-hydroxylation sites is 1. The fourth-order valence-corrected chi connectivity index (χ4v) is 4.46. The lowest BCUT2D eigenvalue weighted by atomic mass is 9.98. The number of ether oxygens (including phenoxy) is 1. The summed E-state index contributed by atoms with van der Waals surface area (Å²) in [5.74, 6) is 0.534. The third-order valence-electron chi connectivity index (χ3n) is 6.28. The minimum atomic E-state index is -0.277. The van der Waals surface area contributed by atoms with Crippen molar-refractivity contribution in [2.45, 2.75) is 39.4 Å². The van der Waals surface area contributed by atoms with Gasteiger partial charge in [-0.25, -0.2) is 0 Å². The normalized spacial score (nSPS) is 15.3. The molecule has 1 aliphatic heterocycles. The summed E-state index contributed by atoms with van der Waals surface area (Å²) >= 11 is 0. The minimum Gasteiger partial charge on any atom is -0.496 e. The molecule has 1 unspecified atom stereocenters. The highest BCUT2D eigenvalue weighted by Gasteiger charge is 2.35. The van der Waals surface area contributed by atoms with Gasteiger partial charge in [-0.15, -0.1) is 0 Å². The van der Waals surface area contributed by atoms with Crippen molar-refractivity contribution in [3.63, 3.8) is 0 Å². The second-order valence-electron chi connectivity index (χ2n) is 8.75. The van der Waals surface area contributed by atoms with Gasteiger partial charge in [0.25, 0.3) is 5.91 Å². The van der Waals surface area contributed by atoms with Gasteiger partial charge < -0.3 is 19.1 Å². The van der Waals surface area contributed by atoms with Crippen molar-refractivity contribution in [2.24, 2.45) is 0 Å². The second kappa shape index (κ2) is 9.53. The lowest BCUT2D eigenvalue weighted by molar-refractivity contribution is -0.135. The number of benzene rings is 2. The first-order chi connectivity index (χ1) is 15.9. The van der Waals surface area contributed by atoms with Crippen LogP contribution in [-0.4, -0.2) is 52.4 Å². The number of carbonyl (C=O) groups excluding carboxylic acids is 2. The molecule has 2 heterocycles. The predicted octanol–water partition coefficient (Wildman–Crippen LogP) is 4.29. The molecule has 0 N–H and O–H groups in total. The summed E-state index contributed by atoms with van der Waals surface area (Å²) in [5.41, 5.74) is 3.67. The Morgan fingerprint density at radius 3 is 2.45 bits per heavy atom. The Kier molecular flexibility index (Phi) is 6.54. The van der Waals surface area contributed by atoms with E-state index < -0.39 is 0 Å². The zero-order valence-corrected chi connectivity index (χ0v) is 19.7. The van der Waals surface area contributed by atoms with E-state index in [9.17, 15) is 9.59 Å². The molecule has 2 aromatic carbocycles. The first kappa shape index (κ1) is 22.6. The largest absolute Gasteiger partial charge is 0.496 e. The van der Waals surface area contributed by atoms with E-state index in [1.165, 1.54) is 0 Å². The molecular weight excluding hydrogens is 414 g/mol. The standard InChI is InChI=1S/C27H31N3O3/c1-19(2)30(27(32)21-13-11-20(3)12-14-21)18-25(31)29-17-16-28-15-7-9-23(28)26(29)22-8-5-6-10-24(22)33-4/h5-15,19,26H,16-18H2,1-4H3. The number of rotatable bonds is 6. The van der Waals surface area contributed by atoms with Crippen LogP contribution in [0.4, 0.5) is 0 Å². The van der Waals surface area contributed by atoms with Crippen LogP contribution in [0.15, 0.2) is 66.9 Å². The summed E-state index contributed by atoms with van der Waals surface area (Å²) in [7, 11) is 1.65. The molecule has 0 radical (unpaired) electrons. The molecule has 0 bridgehead atoms. The number of amides is 2. The number of nitrogens with zero attached hydrogens (tertiary/aromatic N) is 3. The topological polar surface area (TPSA) is 54.8 Å². The van der Waals surface area contributed by atoms with Crippen molar-refractivity contribution in [2.75, 3.05) is 20.2 Å². The lowest BCUT2D eigenvalue weighted by Gasteiger charge is -2.39. The fraction of sp³-hybridized carbons (Fsp3) is 0.333. The maximum Gasteiger partial charge on any atom is 0.254 e. The highest BCUT2D eigenvalue weighted by Crippen LogP contribution is 2.37. The molecule has 6 heteroatoms. The smallest absolute Gasteiger partial charge is 0.254 e. The highest BCUT2D eigenvalue weighted by molar-refractivity contribution is 5.96. The molecule has 1 aromatic heterocycles. The van der Waals surface area contributed by atoms with Crippen LogP contribution >= 0.6 is 0 Å². The molecule has 4 rings (SSSR count). The van der Waals surface area contributed by atoms with Crippen LogP contribution in [0.1, 0.15) is 47.1 Å². The first-order valence-corrected chi connectivity index (χ1v) is 11.4. The average Bonchev–Trinajstić information content (AvgIpc) is 3.30. The van der Waals surface area contributed by atoms with Gasteiger partial charge in [-0.3, -0.25) is 9.59 Å². The summed E-state index contributed by atoms with van der Waals surface area (Å²) in [6, 6.07) is 19.0. The van der Waals surface area contributed by atoms with Gasteiger partial charge >= 0.3 is 0 Å². The van der Waals surface area contributed by atoms with E-state index in [1.807, 2.05) is 92.5 Å². The van der Waals surface area contributed by atoms with Gasteiger partial charge in [0.15, 0.2) is 0 Å². The Hall–Kier alpha value is -3.54. The molecule has 2 amide bonds. The molecule has 33 heavy (non-hydrogen) atoms. The van der Waals surface area contributed by atoms with Crippen LogP contribution < -0.4 is 4.74 Å². The van der Waals surface area contributed by atoms with Crippen molar-refractivity contribution in [1.29, 1.82) is 0 Å². The number of aromatic nitrogens is 1. The van der Waals surface area contributed by atoms with E-state index >= 15 is 0 Å². The molecule has 0 saturated carbocycles. The van der Waals surface area contributed by atoms with Gasteiger partial charge in [0.1, 0.15) is 18.3 Å². The summed E-state index contributed by atoms with van der Waals surface area (Å²) in [4.78, 5) is 30.5. The van der Waals surface area contributed by atoms with Crippen LogP contribution in [0, 0.1) is 6.92 Å². The van der Waals surface area contributed by atoms with Crippen molar-refractivity contribution >= 4 is 11.8 Å². The molecule has 6 nitrogen and oxygen atoms in total. The molecular formula is C27H31N3O3. The second-order valence-corrected chi connectivity index (χ2v) is 8.75. The third-order valence-corrected chi connectivity index (χ3v) is 6.28. The number of aryl methyl sites for hydroxylation is 1. The van der Waals surface area contributed by atoms with E-state index in [4.69, 9.17) is 4.74 Å². The van der Waals surface area contributed by atoms with Crippen molar-refractivity contribution in [3.05, 3.63) is 89.2 Å². The number of hydrogen-bond donors (Lipinski definition) is 0. The highest BCUT2D eigenvalue weighted by atomic mass is 16.5. The Morgan fingerprint density at radius 2 is 1.76 bits per heavy atom. The Morgan fingerprint density at radius 1 is 1.03 bits per heavy atom. The molecule has 3 aromatic rings. The minimum absolute atomic E-state index is 0.0245. The zero-order valence-electron chi connectivity index (χ0n) is 19.7. The monoisotopic (exact) mass is 445 g/mol. The van der Waals surface area contributed by atoms with Crippen LogP contribution in [0.3, 0.4) is 0 Å². The number of methoxy groups -OCH3 is 1. The first-order valence-electron chi connectivity index (χ1n) is 11.4. The maximum absolute atomic E-state index is 13.7. The maximum atomic E-state index is 13.7. The van der Waals surface area contributed by atoms with E-state index in [0.717, 1.165) is 22.6 Å². The molecule has 0 spiro atoms. The number of carbonyl (C=O) groups is 2. The molecule has 0 saturated heterocycles. The summed E-state index contributed by atoms with van der Waals surface area (Å²) < 4.78 is 7.81. The molecule has 0 aliphatic carbocycles. The van der Waals surface area contributed by atoms with E-state index in [2.05, 4.69) is 4.57 Å². The molecule has 1 aliphatic rings. The Labute approximate surface area is 195 Å².